The van der Waals surface area contributed by atoms with Gasteiger partial charge in [0.1, 0.15) is 22.6 Å². The Kier molecular flexibility index (Phi) is 4.88. The van der Waals surface area contributed by atoms with Crippen LogP contribution in [0.15, 0.2) is 40.3 Å². The Labute approximate surface area is 162 Å². The number of carbonyl (C=O) groups is 1. The number of aryl methyl sites for hydroxylation is 1. The van der Waals surface area contributed by atoms with E-state index in [-0.39, 0.29) is 11.9 Å². The minimum Gasteiger partial charge on any atom is -0.467 e. The summed E-state index contributed by atoms with van der Waals surface area (Å²) in [6.07, 6.45) is 3.16. The Bertz CT molecular complexity index is 928. The zero-order valence-electron chi connectivity index (χ0n) is 15.5. The zero-order valence-corrected chi connectivity index (χ0v) is 16.3. The molecule has 2 atom stereocenters. The number of furan rings is 1. The molecule has 3 aromatic heterocycles. The molecule has 1 amide bonds. The highest BCUT2D eigenvalue weighted by Crippen LogP contribution is 2.30. The average Bonchev–Trinajstić information content (AvgIpc) is 3.43. The molecule has 0 radical (unpaired) electrons. The summed E-state index contributed by atoms with van der Waals surface area (Å²) < 4.78 is 7.36. The van der Waals surface area contributed by atoms with Crippen molar-refractivity contribution in [3.8, 4) is 10.7 Å². The SMILES string of the molecule is Cc1ccc(-c2nc(C(=O)N3CCC[C@@H]3C[C@H](O)c3ccco3)cs2)n1C. The largest absolute Gasteiger partial charge is 0.467 e. The van der Waals surface area contributed by atoms with Gasteiger partial charge in [0.25, 0.3) is 5.91 Å². The molecule has 0 bridgehead atoms. The highest BCUT2D eigenvalue weighted by atomic mass is 32.1. The summed E-state index contributed by atoms with van der Waals surface area (Å²) in [5.74, 6) is 0.488. The highest BCUT2D eigenvalue weighted by Gasteiger charge is 2.33. The summed E-state index contributed by atoms with van der Waals surface area (Å²) >= 11 is 1.49. The summed E-state index contributed by atoms with van der Waals surface area (Å²) in [7, 11) is 2.00. The maximum atomic E-state index is 13.0. The molecule has 4 rings (SSSR count). The first-order chi connectivity index (χ1) is 13.0. The monoisotopic (exact) mass is 385 g/mol. The van der Waals surface area contributed by atoms with Crippen LogP contribution in [0.2, 0.25) is 0 Å². The van der Waals surface area contributed by atoms with Crippen molar-refractivity contribution in [2.24, 2.45) is 7.05 Å². The molecule has 1 saturated heterocycles. The number of hydrogen-bond donors (Lipinski definition) is 1. The molecule has 7 heteroatoms. The van der Waals surface area contributed by atoms with Gasteiger partial charge in [0.2, 0.25) is 0 Å². The maximum Gasteiger partial charge on any atom is 0.273 e. The van der Waals surface area contributed by atoms with Gasteiger partial charge in [-0.2, -0.15) is 0 Å². The zero-order chi connectivity index (χ0) is 19.0. The first kappa shape index (κ1) is 18.0. The Balaban J connectivity index is 1.49. The fourth-order valence-electron chi connectivity index (χ4n) is 3.67. The van der Waals surface area contributed by atoms with Crippen molar-refractivity contribution >= 4 is 17.2 Å². The molecule has 142 valence electrons. The number of likely N-dealkylation sites (tertiary alicyclic amines) is 1. The topological polar surface area (TPSA) is 71.5 Å². The fraction of sp³-hybridized carbons (Fsp3) is 0.400. The quantitative estimate of drug-likeness (QED) is 0.726. The summed E-state index contributed by atoms with van der Waals surface area (Å²) in [6, 6.07) is 7.60. The van der Waals surface area contributed by atoms with Crippen LogP contribution in [0.1, 0.15) is 47.3 Å². The molecule has 3 aromatic rings. The van der Waals surface area contributed by atoms with Gasteiger partial charge >= 0.3 is 0 Å². The van der Waals surface area contributed by atoms with Crippen LogP contribution in [-0.4, -0.2) is 38.1 Å². The Morgan fingerprint density at radius 1 is 1.44 bits per heavy atom. The van der Waals surface area contributed by atoms with Crippen LogP contribution in [0.25, 0.3) is 10.7 Å². The predicted molar refractivity (Wildman–Crippen MR) is 104 cm³/mol. The van der Waals surface area contributed by atoms with Gasteiger partial charge < -0.3 is 19.0 Å². The Morgan fingerprint density at radius 3 is 3.00 bits per heavy atom. The third-order valence-corrected chi connectivity index (χ3v) is 6.18. The number of thiazole rings is 1. The van der Waals surface area contributed by atoms with Crippen LogP contribution in [0.3, 0.4) is 0 Å². The second-order valence-corrected chi connectivity index (χ2v) is 7.88. The molecular formula is C20H23N3O3S. The van der Waals surface area contributed by atoms with E-state index in [1.807, 2.05) is 36.4 Å². The van der Waals surface area contributed by atoms with Crippen molar-refractivity contribution in [3.05, 3.63) is 53.1 Å². The standard InChI is InChI=1S/C20H23N3O3S/c1-13-7-8-16(22(13)2)19-21-15(12-27-19)20(25)23-9-3-5-14(23)11-17(24)18-6-4-10-26-18/h4,6-8,10,12,14,17,24H,3,5,9,11H2,1-2H3/t14-,17+/m1/s1. The number of aliphatic hydroxyl groups is 1. The lowest BCUT2D eigenvalue weighted by Crippen LogP contribution is -2.36. The van der Waals surface area contributed by atoms with E-state index < -0.39 is 6.10 Å². The Morgan fingerprint density at radius 2 is 2.30 bits per heavy atom. The molecule has 1 N–H and O–H groups in total. The van der Waals surface area contributed by atoms with E-state index in [2.05, 4.69) is 9.55 Å². The van der Waals surface area contributed by atoms with Crippen LogP contribution in [0.5, 0.6) is 0 Å². The number of rotatable bonds is 5. The van der Waals surface area contributed by atoms with Gasteiger partial charge in [0, 0.05) is 37.1 Å². The number of hydrogen-bond acceptors (Lipinski definition) is 5. The molecule has 0 aliphatic carbocycles. The first-order valence-corrected chi connectivity index (χ1v) is 10.0. The highest BCUT2D eigenvalue weighted by molar-refractivity contribution is 7.13. The smallest absolute Gasteiger partial charge is 0.273 e. The molecule has 6 nitrogen and oxygen atoms in total. The minimum absolute atomic E-state index is 0.0000286. The fourth-order valence-corrected chi connectivity index (χ4v) is 4.52. The van der Waals surface area contributed by atoms with Crippen LogP contribution in [0, 0.1) is 6.92 Å². The Hall–Kier alpha value is -2.38. The molecule has 1 aliphatic heterocycles. The lowest BCUT2D eigenvalue weighted by Gasteiger charge is -2.25. The van der Waals surface area contributed by atoms with Crippen molar-refractivity contribution in [2.75, 3.05) is 6.54 Å². The molecule has 0 aromatic carbocycles. The van der Waals surface area contributed by atoms with E-state index >= 15 is 0 Å². The van der Waals surface area contributed by atoms with Crippen molar-refractivity contribution in [1.29, 1.82) is 0 Å². The third kappa shape index (κ3) is 3.44. The third-order valence-electron chi connectivity index (χ3n) is 5.32. The lowest BCUT2D eigenvalue weighted by atomic mass is 10.0. The molecule has 1 fully saturated rings. The minimum atomic E-state index is -0.698. The van der Waals surface area contributed by atoms with Crippen LogP contribution >= 0.6 is 11.3 Å². The van der Waals surface area contributed by atoms with Gasteiger partial charge in [-0.25, -0.2) is 4.98 Å². The van der Waals surface area contributed by atoms with E-state index in [1.54, 1.807) is 18.4 Å². The van der Waals surface area contributed by atoms with Crippen molar-refractivity contribution in [2.45, 2.75) is 38.3 Å². The molecule has 4 heterocycles. The van der Waals surface area contributed by atoms with Crippen molar-refractivity contribution < 1.29 is 14.3 Å². The van der Waals surface area contributed by atoms with Gasteiger partial charge in [0.05, 0.1) is 12.0 Å². The summed E-state index contributed by atoms with van der Waals surface area (Å²) in [4.78, 5) is 19.5. The van der Waals surface area contributed by atoms with Crippen molar-refractivity contribution in [1.82, 2.24) is 14.5 Å². The van der Waals surface area contributed by atoms with E-state index in [4.69, 9.17) is 4.42 Å². The number of amides is 1. The molecule has 27 heavy (non-hydrogen) atoms. The van der Waals surface area contributed by atoms with E-state index in [0.717, 1.165) is 29.2 Å². The lowest BCUT2D eigenvalue weighted by molar-refractivity contribution is 0.0637. The van der Waals surface area contributed by atoms with Gasteiger partial charge in [-0.3, -0.25) is 4.79 Å². The molecular weight excluding hydrogens is 362 g/mol. The number of nitrogens with zero attached hydrogens (tertiary/aromatic N) is 3. The van der Waals surface area contributed by atoms with E-state index in [0.29, 0.717) is 24.4 Å². The summed E-state index contributed by atoms with van der Waals surface area (Å²) in [5.41, 5.74) is 2.65. The normalized spacial score (nSPS) is 18.2. The summed E-state index contributed by atoms with van der Waals surface area (Å²) in [5, 5.41) is 13.1. The molecule has 0 unspecified atom stereocenters. The number of aromatic nitrogens is 2. The maximum absolute atomic E-state index is 13.0. The van der Waals surface area contributed by atoms with Crippen LogP contribution in [0.4, 0.5) is 0 Å². The van der Waals surface area contributed by atoms with Crippen LogP contribution < -0.4 is 0 Å². The van der Waals surface area contributed by atoms with Gasteiger partial charge in [0.15, 0.2) is 0 Å². The molecule has 0 spiro atoms. The van der Waals surface area contributed by atoms with Crippen molar-refractivity contribution in [3.63, 3.8) is 0 Å². The van der Waals surface area contributed by atoms with Gasteiger partial charge in [-0.05, 0) is 44.0 Å². The van der Waals surface area contributed by atoms with E-state index in [9.17, 15) is 9.90 Å². The van der Waals surface area contributed by atoms with Crippen LogP contribution in [-0.2, 0) is 7.05 Å². The first-order valence-electron chi connectivity index (χ1n) is 9.15. The predicted octanol–water partition coefficient (Wildman–Crippen LogP) is 3.78. The average molecular weight is 385 g/mol. The van der Waals surface area contributed by atoms with Gasteiger partial charge in [-0.1, -0.05) is 0 Å². The molecule has 1 aliphatic rings. The number of carbonyl (C=O) groups excluding carboxylic acids is 1. The molecule has 0 saturated carbocycles. The second-order valence-electron chi connectivity index (χ2n) is 7.02. The second kappa shape index (κ2) is 7.32. The van der Waals surface area contributed by atoms with E-state index in [1.165, 1.54) is 11.3 Å². The number of aliphatic hydroxyl groups excluding tert-OH is 1. The van der Waals surface area contributed by atoms with Gasteiger partial charge in [-0.15, -0.1) is 11.3 Å². The summed E-state index contributed by atoms with van der Waals surface area (Å²) in [6.45, 7) is 2.74.